The molecule has 96 valence electrons. The van der Waals surface area contributed by atoms with E-state index in [0.717, 1.165) is 19.1 Å². The Balaban J connectivity index is 1.94. The summed E-state index contributed by atoms with van der Waals surface area (Å²) in [6.45, 7) is 6.37. The molecule has 2 rings (SSSR count). The summed E-state index contributed by atoms with van der Waals surface area (Å²) in [7, 11) is 0. The van der Waals surface area contributed by atoms with Crippen molar-refractivity contribution in [3.63, 3.8) is 0 Å². The highest BCUT2D eigenvalue weighted by Crippen LogP contribution is 2.21. The molecule has 0 unspecified atom stereocenters. The number of rotatable bonds is 7. The number of aryl methyl sites for hydroxylation is 2. The largest absolute Gasteiger partial charge is 0.310 e. The van der Waals surface area contributed by atoms with E-state index in [9.17, 15) is 0 Å². The first-order chi connectivity index (χ1) is 8.22. The molecule has 0 bridgehead atoms. The van der Waals surface area contributed by atoms with E-state index < -0.39 is 0 Å². The SMILES string of the molecule is CSCCCn1nc(C)c(CNC2CC2)c1C. The van der Waals surface area contributed by atoms with Crippen molar-refractivity contribution in [2.45, 2.75) is 52.2 Å². The van der Waals surface area contributed by atoms with Gasteiger partial charge in [-0.25, -0.2) is 0 Å². The third-order valence-corrected chi connectivity index (χ3v) is 4.09. The van der Waals surface area contributed by atoms with E-state index >= 15 is 0 Å². The maximum Gasteiger partial charge on any atom is 0.0641 e. The van der Waals surface area contributed by atoms with Crippen LogP contribution in [0.5, 0.6) is 0 Å². The van der Waals surface area contributed by atoms with Gasteiger partial charge in [-0.3, -0.25) is 4.68 Å². The molecule has 1 aliphatic rings. The third-order valence-electron chi connectivity index (χ3n) is 3.39. The number of nitrogens with zero attached hydrogens (tertiary/aromatic N) is 2. The van der Waals surface area contributed by atoms with Gasteiger partial charge in [0.05, 0.1) is 5.69 Å². The number of hydrogen-bond donors (Lipinski definition) is 1. The Labute approximate surface area is 108 Å². The van der Waals surface area contributed by atoms with E-state index in [1.807, 2.05) is 11.8 Å². The molecule has 0 amide bonds. The summed E-state index contributed by atoms with van der Waals surface area (Å²) in [6, 6.07) is 0.772. The zero-order chi connectivity index (χ0) is 12.3. The van der Waals surface area contributed by atoms with Gasteiger partial charge in [0.25, 0.3) is 0 Å². The van der Waals surface area contributed by atoms with Crippen molar-refractivity contribution < 1.29 is 0 Å². The molecular formula is C13H23N3S. The van der Waals surface area contributed by atoms with Crippen LogP contribution in [0.2, 0.25) is 0 Å². The second-order valence-electron chi connectivity index (χ2n) is 4.87. The van der Waals surface area contributed by atoms with E-state index in [0.29, 0.717) is 0 Å². The number of nitrogens with one attached hydrogen (secondary N) is 1. The first-order valence-electron chi connectivity index (χ1n) is 6.47. The van der Waals surface area contributed by atoms with Crippen LogP contribution in [0.25, 0.3) is 0 Å². The summed E-state index contributed by atoms with van der Waals surface area (Å²) in [5.41, 5.74) is 3.94. The molecule has 17 heavy (non-hydrogen) atoms. The Kier molecular flexibility index (Phi) is 4.51. The fourth-order valence-electron chi connectivity index (χ4n) is 2.10. The number of thioether (sulfide) groups is 1. The van der Waals surface area contributed by atoms with E-state index in [1.165, 1.54) is 42.0 Å². The zero-order valence-electron chi connectivity index (χ0n) is 11.1. The molecule has 0 radical (unpaired) electrons. The Morgan fingerprint density at radius 1 is 1.41 bits per heavy atom. The Bertz CT molecular complexity index is 369. The fourth-order valence-corrected chi connectivity index (χ4v) is 2.52. The summed E-state index contributed by atoms with van der Waals surface area (Å²) >= 11 is 1.91. The molecule has 3 nitrogen and oxygen atoms in total. The highest BCUT2D eigenvalue weighted by Gasteiger charge is 2.21. The van der Waals surface area contributed by atoms with Crippen LogP contribution in [0.1, 0.15) is 36.2 Å². The van der Waals surface area contributed by atoms with Gasteiger partial charge in [-0.15, -0.1) is 0 Å². The monoisotopic (exact) mass is 253 g/mol. The Morgan fingerprint density at radius 2 is 2.18 bits per heavy atom. The van der Waals surface area contributed by atoms with Crippen LogP contribution in [-0.2, 0) is 13.1 Å². The topological polar surface area (TPSA) is 29.9 Å². The molecular weight excluding hydrogens is 230 g/mol. The summed E-state index contributed by atoms with van der Waals surface area (Å²) < 4.78 is 2.18. The van der Waals surface area contributed by atoms with Crippen molar-refractivity contribution in [3.05, 3.63) is 17.0 Å². The molecule has 4 heteroatoms. The average Bonchev–Trinajstić information content (AvgIpc) is 3.08. The van der Waals surface area contributed by atoms with E-state index in [2.05, 4.69) is 35.2 Å². The molecule has 0 atom stereocenters. The minimum absolute atomic E-state index is 0.772. The van der Waals surface area contributed by atoms with Crippen LogP contribution < -0.4 is 5.32 Å². The van der Waals surface area contributed by atoms with Crippen molar-refractivity contribution in [3.8, 4) is 0 Å². The predicted octanol–water partition coefficient (Wildman–Crippen LogP) is 2.51. The molecule has 0 saturated heterocycles. The smallest absolute Gasteiger partial charge is 0.0641 e. The highest BCUT2D eigenvalue weighted by molar-refractivity contribution is 7.98. The molecule has 1 saturated carbocycles. The minimum atomic E-state index is 0.772. The summed E-state index contributed by atoms with van der Waals surface area (Å²) in [5, 5.41) is 8.23. The van der Waals surface area contributed by atoms with Crippen molar-refractivity contribution in [1.29, 1.82) is 0 Å². The first kappa shape index (κ1) is 13.0. The lowest BCUT2D eigenvalue weighted by atomic mass is 10.2. The number of hydrogen-bond acceptors (Lipinski definition) is 3. The van der Waals surface area contributed by atoms with Crippen molar-refractivity contribution in [2.24, 2.45) is 0 Å². The summed E-state index contributed by atoms with van der Waals surface area (Å²) in [6.07, 6.45) is 6.06. The zero-order valence-corrected chi connectivity index (χ0v) is 11.9. The standard InChI is InChI=1S/C13H23N3S/c1-10-13(9-14-12-5-6-12)11(2)16(15-10)7-4-8-17-3/h12,14H,4-9H2,1-3H3. The van der Waals surface area contributed by atoms with Gasteiger partial charge in [0.2, 0.25) is 0 Å². The van der Waals surface area contributed by atoms with Gasteiger partial charge in [0.15, 0.2) is 0 Å². The van der Waals surface area contributed by atoms with Gasteiger partial charge >= 0.3 is 0 Å². The third kappa shape index (κ3) is 3.49. The lowest BCUT2D eigenvalue weighted by Gasteiger charge is -2.05. The van der Waals surface area contributed by atoms with Crippen LogP contribution in [0.3, 0.4) is 0 Å². The second-order valence-corrected chi connectivity index (χ2v) is 5.86. The quantitative estimate of drug-likeness (QED) is 0.757. The summed E-state index contributed by atoms with van der Waals surface area (Å²) in [4.78, 5) is 0. The fraction of sp³-hybridized carbons (Fsp3) is 0.769. The molecule has 1 aromatic heterocycles. The van der Waals surface area contributed by atoms with Crippen molar-refractivity contribution in [1.82, 2.24) is 15.1 Å². The molecule has 1 fully saturated rings. The van der Waals surface area contributed by atoms with Crippen LogP contribution in [-0.4, -0.2) is 27.8 Å². The van der Waals surface area contributed by atoms with Crippen LogP contribution in [0.4, 0.5) is 0 Å². The predicted molar refractivity (Wildman–Crippen MR) is 74.6 cm³/mol. The first-order valence-corrected chi connectivity index (χ1v) is 7.87. The molecule has 0 aromatic carbocycles. The Morgan fingerprint density at radius 3 is 2.82 bits per heavy atom. The second kappa shape index (κ2) is 5.91. The average molecular weight is 253 g/mol. The minimum Gasteiger partial charge on any atom is -0.310 e. The van der Waals surface area contributed by atoms with Gasteiger partial charge in [0.1, 0.15) is 0 Å². The highest BCUT2D eigenvalue weighted by atomic mass is 32.2. The number of aromatic nitrogens is 2. The van der Waals surface area contributed by atoms with E-state index in [4.69, 9.17) is 0 Å². The van der Waals surface area contributed by atoms with Crippen LogP contribution >= 0.6 is 11.8 Å². The lowest BCUT2D eigenvalue weighted by Crippen LogP contribution is -2.16. The maximum absolute atomic E-state index is 4.65. The van der Waals surface area contributed by atoms with E-state index in [1.54, 1.807) is 0 Å². The molecule has 0 aliphatic heterocycles. The Hall–Kier alpha value is -0.480. The van der Waals surface area contributed by atoms with Crippen LogP contribution in [0.15, 0.2) is 0 Å². The van der Waals surface area contributed by atoms with Gasteiger partial charge in [-0.2, -0.15) is 16.9 Å². The van der Waals surface area contributed by atoms with E-state index in [-0.39, 0.29) is 0 Å². The van der Waals surface area contributed by atoms with Crippen LogP contribution in [0, 0.1) is 13.8 Å². The molecule has 1 N–H and O–H groups in total. The van der Waals surface area contributed by atoms with Gasteiger partial charge < -0.3 is 5.32 Å². The summed E-state index contributed by atoms with van der Waals surface area (Å²) in [5.74, 6) is 1.22. The van der Waals surface area contributed by atoms with Gasteiger partial charge in [-0.1, -0.05) is 0 Å². The lowest BCUT2D eigenvalue weighted by molar-refractivity contribution is 0.584. The van der Waals surface area contributed by atoms with Crippen molar-refractivity contribution in [2.75, 3.05) is 12.0 Å². The molecule has 0 spiro atoms. The normalized spacial score (nSPS) is 15.5. The van der Waals surface area contributed by atoms with Crippen molar-refractivity contribution >= 4 is 11.8 Å². The molecule has 1 aliphatic carbocycles. The maximum atomic E-state index is 4.65. The van der Waals surface area contributed by atoms with Gasteiger partial charge in [-0.05, 0) is 45.1 Å². The molecule has 1 aromatic rings. The molecule has 1 heterocycles. The van der Waals surface area contributed by atoms with Gasteiger partial charge in [0, 0.05) is 30.4 Å².